The van der Waals surface area contributed by atoms with Crippen LogP contribution in [0.3, 0.4) is 0 Å². The number of nitro groups is 1. The van der Waals surface area contributed by atoms with Gasteiger partial charge >= 0.3 is 11.2 Å². The number of nitrogens with one attached hydrogen (secondary N) is 1. The summed E-state index contributed by atoms with van der Waals surface area (Å²) in [6.45, 7) is 0. The van der Waals surface area contributed by atoms with Crippen LogP contribution in [0.1, 0.15) is 22.5 Å². The minimum atomic E-state index is -4.49. The van der Waals surface area contributed by atoms with Gasteiger partial charge in [0.05, 0.1) is 9.80 Å². The fraction of sp³-hybridized carbons (Fsp3) is 0.444. The van der Waals surface area contributed by atoms with Gasteiger partial charge in [-0.05, 0) is 18.9 Å². The molecular weight excluding hydrogens is 273 g/mol. The average Bonchev–Trinajstić information content (AvgIpc) is 2.87. The quantitative estimate of drug-likeness (QED) is 0.683. The molecular formula is C9H7F3N2O3S. The van der Waals surface area contributed by atoms with Crippen LogP contribution in [-0.4, -0.2) is 22.5 Å². The molecule has 0 atom stereocenters. The maximum Gasteiger partial charge on any atom is 0.411 e. The predicted molar refractivity (Wildman–Crippen MR) is 56.5 cm³/mol. The molecule has 0 bridgehead atoms. The molecule has 1 saturated carbocycles. The van der Waals surface area contributed by atoms with Crippen molar-refractivity contribution in [3.05, 3.63) is 27.1 Å². The van der Waals surface area contributed by atoms with Crippen LogP contribution in [0.5, 0.6) is 0 Å². The molecule has 1 aromatic heterocycles. The van der Waals surface area contributed by atoms with E-state index < -0.39 is 22.5 Å². The second kappa shape index (κ2) is 3.94. The van der Waals surface area contributed by atoms with Gasteiger partial charge in [-0.25, -0.2) is 0 Å². The normalized spacial score (nSPS) is 17.3. The van der Waals surface area contributed by atoms with E-state index in [9.17, 15) is 28.1 Å². The van der Waals surface area contributed by atoms with Gasteiger partial charge in [0, 0.05) is 6.07 Å². The van der Waals surface area contributed by atoms with Crippen LogP contribution < -0.4 is 5.32 Å². The molecule has 2 rings (SSSR count). The highest BCUT2D eigenvalue weighted by molar-refractivity contribution is 7.17. The first kappa shape index (κ1) is 12.8. The monoisotopic (exact) mass is 280 g/mol. The molecule has 9 heteroatoms. The van der Waals surface area contributed by atoms with E-state index in [1.807, 2.05) is 5.32 Å². The van der Waals surface area contributed by atoms with Gasteiger partial charge < -0.3 is 5.32 Å². The minimum Gasteiger partial charge on any atom is -0.337 e. The molecule has 0 aliphatic heterocycles. The van der Waals surface area contributed by atoms with Crippen molar-refractivity contribution in [2.75, 3.05) is 0 Å². The van der Waals surface area contributed by atoms with Crippen LogP contribution in [0.4, 0.5) is 18.2 Å². The number of amides is 1. The molecule has 0 saturated heterocycles. The fourth-order valence-corrected chi connectivity index (χ4v) is 2.15. The van der Waals surface area contributed by atoms with Crippen LogP contribution in [0.15, 0.2) is 12.1 Å². The molecule has 1 aliphatic rings. The Morgan fingerprint density at radius 2 is 2.06 bits per heavy atom. The van der Waals surface area contributed by atoms with Crippen molar-refractivity contribution in [1.29, 1.82) is 0 Å². The highest BCUT2D eigenvalue weighted by Crippen LogP contribution is 2.49. The number of hydrogen-bond acceptors (Lipinski definition) is 4. The summed E-state index contributed by atoms with van der Waals surface area (Å²) in [4.78, 5) is 21.2. The Labute approximate surface area is 103 Å². The van der Waals surface area contributed by atoms with Gasteiger partial charge in [0.1, 0.15) is 5.54 Å². The van der Waals surface area contributed by atoms with Crippen molar-refractivity contribution < 1.29 is 22.9 Å². The zero-order chi connectivity index (χ0) is 13.6. The van der Waals surface area contributed by atoms with E-state index in [2.05, 4.69) is 0 Å². The topological polar surface area (TPSA) is 72.2 Å². The van der Waals surface area contributed by atoms with Gasteiger partial charge in [0.15, 0.2) is 0 Å². The van der Waals surface area contributed by atoms with Gasteiger partial charge in [0.25, 0.3) is 5.91 Å². The largest absolute Gasteiger partial charge is 0.411 e. The molecule has 18 heavy (non-hydrogen) atoms. The van der Waals surface area contributed by atoms with E-state index in [1.54, 1.807) is 0 Å². The molecule has 1 amide bonds. The Balaban J connectivity index is 2.11. The standard InChI is InChI=1S/C9H7F3N2O3S/c10-9(11,12)8(3-4-8)13-7(15)5-1-2-6(18-5)14(16)17/h1-2H,3-4H2,(H,13,15). The number of alkyl halides is 3. The third kappa shape index (κ3) is 2.17. The molecule has 1 aliphatic carbocycles. The van der Waals surface area contributed by atoms with Crippen molar-refractivity contribution in [2.24, 2.45) is 0 Å². The molecule has 98 valence electrons. The van der Waals surface area contributed by atoms with Crippen LogP contribution in [0, 0.1) is 10.1 Å². The maximum absolute atomic E-state index is 12.6. The van der Waals surface area contributed by atoms with E-state index in [0.29, 0.717) is 11.3 Å². The Kier molecular flexibility index (Phi) is 2.80. The number of thiophene rings is 1. The molecule has 1 N–H and O–H groups in total. The number of carbonyl (C=O) groups excluding carboxylic acids is 1. The van der Waals surface area contributed by atoms with Crippen LogP contribution in [0.25, 0.3) is 0 Å². The van der Waals surface area contributed by atoms with Crippen molar-refractivity contribution >= 4 is 22.2 Å². The summed E-state index contributed by atoms with van der Waals surface area (Å²) < 4.78 is 37.8. The lowest BCUT2D eigenvalue weighted by atomic mass is 10.2. The molecule has 5 nitrogen and oxygen atoms in total. The Morgan fingerprint density at radius 3 is 2.44 bits per heavy atom. The molecule has 0 aromatic carbocycles. The third-order valence-corrected chi connectivity index (χ3v) is 3.68. The van der Waals surface area contributed by atoms with Gasteiger partial charge in [-0.2, -0.15) is 13.2 Å². The predicted octanol–water partition coefficient (Wildman–Crippen LogP) is 2.48. The lowest BCUT2D eigenvalue weighted by molar-refractivity contribution is -0.380. The Bertz CT molecular complexity index is 507. The summed E-state index contributed by atoms with van der Waals surface area (Å²) in [5.41, 5.74) is -2.15. The molecule has 0 unspecified atom stereocenters. The summed E-state index contributed by atoms with van der Waals surface area (Å²) in [6.07, 6.45) is -4.81. The van der Waals surface area contributed by atoms with Crippen molar-refractivity contribution in [3.8, 4) is 0 Å². The average molecular weight is 280 g/mol. The molecule has 0 radical (unpaired) electrons. The minimum absolute atomic E-state index is 0.0998. The molecule has 1 aromatic rings. The van der Waals surface area contributed by atoms with E-state index in [-0.39, 0.29) is 22.7 Å². The van der Waals surface area contributed by atoms with Gasteiger partial charge in [0.2, 0.25) is 0 Å². The van der Waals surface area contributed by atoms with Gasteiger partial charge in [-0.15, -0.1) is 0 Å². The summed E-state index contributed by atoms with van der Waals surface area (Å²) in [5.74, 6) is -0.928. The van der Waals surface area contributed by atoms with E-state index >= 15 is 0 Å². The number of halogens is 3. The Hall–Kier alpha value is -1.64. The first-order chi connectivity index (χ1) is 8.25. The lowest BCUT2D eigenvalue weighted by Crippen LogP contribution is -2.47. The van der Waals surface area contributed by atoms with Crippen LogP contribution >= 0.6 is 11.3 Å². The van der Waals surface area contributed by atoms with Crippen LogP contribution in [0.2, 0.25) is 0 Å². The van der Waals surface area contributed by atoms with Crippen LogP contribution in [-0.2, 0) is 0 Å². The van der Waals surface area contributed by atoms with Crippen molar-refractivity contribution in [1.82, 2.24) is 5.32 Å². The van der Waals surface area contributed by atoms with Gasteiger partial charge in [-0.3, -0.25) is 14.9 Å². The first-order valence-electron chi connectivity index (χ1n) is 4.89. The highest BCUT2D eigenvalue weighted by Gasteiger charge is 2.64. The first-order valence-corrected chi connectivity index (χ1v) is 5.70. The van der Waals surface area contributed by atoms with E-state index in [0.717, 1.165) is 12.1 Å². The zero-order valence-corrected chi connectivity index (χ0v) is 9.60. The van der Waals surface area contributed by atoms with Gasteiger partial charge in [-0.1, -0.05) is 11.3 Å². The van der Waals surface area contributed by atoms with Crippen molar-refractivity contribution in [3.63, 3.8) is 0 Å². The summed E-state index contributed by atoms with van der Waals surface area (Å²) in [5, 5.41) is 12.0. The summed E-state index contributed by atoms with van der Waals surface area (Å²) in [7, 11) is 0. The number of nitrogens with zero attached hydrogens (tertiary/aromatic N) is 1. The molecule has 1 fully saturated rings. The lowest BCUT2D eigenvalue weighted by Gasteiger charge is -2.20. The third-order valence-electron chi connectivity index (χ3n) is 2.64. The maximum atomic E-state index is 12.6. The number of rotatable bonds is 3. The molecule has 1 heterocycles. The fourth-order valence-electron chi connectivity index (χ4n) is 1.43. The zero-order valence-electron chi connectivity index (χ0n) is 8.78. The summed E-state index contributed by atoms with van der Waals surface area (Å²) >= 11 is 0.550. The second-order valence-electron chi connectivity index (χ2n) is 3.93. The van der Waals surface area contributed by atoms with E-state index in [4.69, 9.17) is 0 Å². The second-order valence-corrected chi connectivity index (χ2v) is 4.99. The smallest absolute Gasteiger partial charge is 0.337 e. The summed E-state index contributed by atoms with van der Waals surface area (Å²) in [6, 6.07) is 2.23. The number of carbonyl (C=O) groups is 1. The molecule has 0 spiro atoms. The van der Waals surface area contributed by atoms with E-state index in [1.165, 1.54) is 0 Å². The highest BCUT2D eigenvalue weighted by atomic mass is 32.1. The number of hydrogen-bond donors (Lipinski definition) is 1. The SMILES string of the molecule is O=C(NC1(C(F)(F)F)CC1)c1ccc([N+](=O)[O-])s1. The Morgan fingerprint density at radius 1 is 1.44 bits per heavy atom. The van der Waals surface area contributed by atoms with Crippen molar-refractivity contribution in [2.45, 2.75) is 24.6 Å².